The minimum atomic E-state index is -4.26. The number of amides is 2. The third-order valence-electron chi connectivity index (χ3n) is 7.11. The van der Waals surface area contributed by atoms with E-state index < -0.39 is 28.5 Å². The standard InChI is InChI=1S/C32H39Cl2N3O6S/c1-6-8-17-35-32(39)28(7-2)36(20-23-11-12-24(33)18-27(23)34)31(38)21-37(25-13-16-29(42-4)30(19-25)43-5)44(40,41)26-14-9-22(3)10-15-26/h9-16,18-19,28H,6-8,17,20-21H2,1-5H3,(H,35,39)/t28-/m1/s1. The van der Waals surface area contributed by atoms with Gasteiger partial charge in [0.15, 0.2) is 11.5 Å². The molecule has 0 heterocycles. The van der Waals surface area contributed by atoms with Crippen LogP contribution in [0.2, 0.25) is 10.0 Å². The molecule has 3 rings (SSSR count). The third kappa shape index (κ3) is 8.58. The van der Waals surface area contributed by atoms with Crippen LogP contribution in [0.15, 0.2) is 65.6 Å². The molecule has 12 heteroatoms. The molecule has 2 amide bonds. The van der Waals surface area contributed by atoms with Gasteiger partial charge in [-0.15, -0.1) is 0 Å². The summed E-state index contributed by atoms with van der Waals surface area (Å²) >= 11 is 12.6. The summed E-state index contributed by atoms with van der Waals surface area (Å²) in [7, 11) is -1.35. The van der Waals surface area contributed by atoms with Crippen LogP contribution in [0, 0.1) is 6.92 Å². The molecule has 0 saturated carbocycles. The van der Waals surface area contributed by atoms with Crippen molar-refractivity contribution in [2.45, 2.75) is 57.5 Å². The Morgan fingerprint density at radius 3 is 2.20 bits per heavy atom. The van der Waals surface area contributed by atoms with E-state index >= 15 is 0 Å². The zero-order valence-electron chi connectivity index (χ0n) is 25.6. The summed E-state index contributed by atoms with van der Waals surface area (Å²) in [4.78, 5) is 29.0. The molecule has 3 aromatic carbocycles. The van der Waals surface area contributed by atoms with Crippen LogP contribution in [0.5, 0.6) is 11.5 Å². The minimum Gasteiger partial charge on any atom is -0.493 e. The van der Waals surface area contributed by atoms with Gasteiger partial charge < -0.3 is 19.7 Å². The molecule has 0 aromatic heterocycles. The van der Waals surface area contributed by atoms with Crippen molar-refractivity contribution >= 4 is 50.7 Å². The fraction of sp³-hybridized carbons (Fsp3) is 0.375. The highest BCUT2D eigenvalue weighted by atomic mass is 35.5. The zero-order valence-corrected chi connectivity index (χ0v) is 27.9. The van der Waals surface area contributed by atoms with Crippen LogP contribution < -0.4 is 19.1 Å². The first-order chi connectivity index (χ1) is 21.0. The lowest BCUT2D eigenvalue weighted by Gasteiger charge is -2.33. The van der Waals surface area contributed by atoms with Crippen molar-refractivity contribution < 1.29 is 27.5 Å². The van der Waals surface area contributed by atoms with Gasteiger partial charge in [-0.25, -0.2) is 8.42 Å². The van der Waals surface area contributed by atoms with Gasteiger partial charge >= 0.3 is 0 Å². The number of nitrogens with one attached hydrogen (secondary N) is 1. The van der Waals surface area contributed by atoms with Gasteiger partial charge in [0.2, 0.25) is 11.8 Å². The molecule has 1 atom stereocenters. The maximum Gasteiger partial charge on any atom is 0.264 e. The number of anilines is 1. The number of halogens is 2. The van der Waals surface area contributed by atoms with Gasteiger partial charge in [-0.1, -0.05) is 67.2 Å². The van der Waals surface area contributed by atoms with E-state index in [4.69, 9.17) is 32.7 Å². The largest absolute Gasteiger partial charge is 0.493 e. The Bertz CT molecular complexity index is 1550. The SMILES string of the molecule is CCCCNC(=O)[C@@H](CC)N(Cc1ccc(Cl)cc1Cl)C(=O)CN(c1ccc(OC)c(OC)c1)S(=O)(=O)c1ccc(C)cc1. The van der Waals surface area contributed by atoms with Gasteiger partial charge in [0.25, 0.3) is 10.0 Å². The Hall–Kier alpha value is -3.47. The Labute approximate surface area is 270 Å². The Kier molecular flexibility index (Phi) is 12.7. The van der Waals surface area contributed by atoms with Gasteiger partial charge in [-0.2, -0.15) is 0 Å². The van der Waals surface area contributed by atoms with Crippen LogP contribution in [0.25, 0.3) is 0 Å². The smallest absolute Gasteiger partial charge is 0.264 e. The van der Waals surface area contributed by atoms with E-state index in [2.05, 4.69) is 5.32 Å². The monoisotopic (exact) mass is 663 g/mol. The van der Waals surface area contributed by atoms with Crippen LogP contribution in [0.4, 0.5) is 5.69 Å². The van der Waals surface area contributed by atoms with Crippen molar-refractivity contribution in [3.05, 3.63) is 81.8 Å². The van der Waals surface area contributed by atoms with Crippen LogP contribution in [0.3, 0.4) is 0 Å². The molecule has 238 valence electrons. The summed E-state index contributed by atoms with van der Waals surface area (Å²) in [6.45, 7) is 5.47. The van der Waals surface area contributed by atoms with Crippen molar-refractivity contribution in [3.8, 4) is 11.5 Å². The van der Waals surface area contributed by atoms with Gasteiger partial charge in [-0.05, 0) is 61.7 Å². The quantitative estimate of drug-likeness (QED) is 0.193. The molecule has 0 spiro atoms. The number of nitrogens with zero attached hydrogens (tertiary/aromatic N) is 2. The van der Waals surface area contributed by atoms with Crippen LogP contribution >= 0.6 is 23.2 Å². The number of unbranched alkanes of at least 4 members (excludes halogenated alkanes) is 1. The average molecular weight is 665 g/mol. The number of carbonyl (C=O) groups excluding carboxylic acids is 2. The first kappa shape index (κ1) is 35.0. The normalized spacial score (nSPS) is 11.9. The summed E-state index contributed by atoms with van der Waals surface area (Å²) in [6.07, 6.45) is 1.95. The number of rotatable bonds is 15. The van der Waals surface area contributed by atoms with Crippen LogP contribution in [-0.2, 0) is 26.2 Å². The molecule has 0 radical (unpaired) electrons. The molecular weight excluding hydrogens is 625 g/mol. The van der Waals surface area contributed by atoms with E-state index in [9.17, 15) is 18.0 Å². The van der Waals surface area contributed by atoms with Crippen LogP contribution in [0.1, 0.15) is 44.2 Å². The molecule has 0 bridgehead atoms. The predicted molar refractivity (Wildman–Crippen MR) is 174 cm³/mol. The van der Waals surface area contributed by atoms with Gasteiger partial charge in [0.1, 0.15) is 12.6 Å². The van der Waals surface area contributed by atoms with Crippen molar-refractivity contribution in [1.29, 1.82) is 0 Å². The topological polar surface area (TPSA) is 105 Å². The summed E-state index contributed by atoms with van der Waals surface area (Å²) in [5.74, 6) is -0.255. The molecule has 0 unspecified atom stereocenters. The fourth-order valence-corrected chi connectivity index (χ4v) is 6.48. The molecule has 0 aliphatic carbocycles. The summed E-state index contributed by atoms with van der Waals surface area (Å²) in [5, 5.41) is 3.65. The Balaban J connectivity index is 2.12. The Morgan fingerprint density at radius 1 is 0.932 bits per heavy atom. The first-order valence-electron chi connectivity index (χ1n) is 14.3. The predicted octanol–water partition coefficient (Wildman–Crippen LogP) is 6.24. The molecule has 3 aromatic rings. The number of sulfonamides is 1. The minimum absolute atomic E-state index is 0.00216. The van der Waals surface area contributed by atoms with E-state index in [1.54, 1.807) is 43.3 Å². The van der Waals surface area contributed by atoms with E-state index in [1.807, 2.05) is 13.8 Å². The molecule has 44 heavy (non-hydrogen) atoms. The van der Waals surface area contributed by atoms with E-state index in [0.717, 1.165) is 22.7 Å². The molecule has 0 aliphatic heterocycles. The fourth-order valence-electron chi connectivity index (χ4n) is 4.61. The maximum atomic E-state index is 14.3. The summed E-state index contributed by atoms with van der Waals surface area (Å²) < 4.78 is 40.0. The van der Waals surface area contributed by atoms with Gasteiger partial charge in [0, 0.05) is 29.2 Å². The van der Waals surface area contributed by atoms with Crippen LogP contribution in [-0.4, -0.2) is 58.5 Å². The van der Waals surface area contributed by atoms with E-state index in [1.165, 1.54) is 43.4 Å². The number of benzene rings is 3. The molecule has 0 fully saturated rings. The molecule has 9 nitrogen and oxygen atoms in total. The first-order valence-corrected chi connectivity index (χ1v) is 16.5. The molecule has 0 saturated heterocycles. The van der Waals surface area contributed by atoms with Crippen molar-refractivity contribution in [2.75, 3.05) is 31.6 Å². The highest BCUT2D eigenvalue weighted by Crippen LogP contribution is 2.34. The van der Waals surface area contributed by atoms with E-state index in [-0.39, 0.29) is 35.2 Å². The highest BCUT2D eigenvalue weighted by molar-refractivity contribution is 7.92. The number of methoxy groups -OCH3 is 2. The van der Waals surface area contributed by atoms with Gasteiger partial charge in [-0.3, -0.25) is 13.9 Å². The number of hydrogen-bond donors (Lipinski definition) is 1. The van der Waals surface area contributed by atoms with Crippen molar-refractivity contribution in [3.63, 3.8) is 0 Å². The van der Waals surface area contributed by atoms with Crippen molar-refractivity contribution in [1.82, 2.24) is 10.2 Å². The summed E-state index contributed by atoms with van der Waals surface area (Å²) in [6, 6.07) is 14.9. The number of carbonyl (C=O) groups is 2. The molecular formula is C32H39Cl2N3O6S. The lowest BCUT2D eigenvalue weighted by Crippen LogP contribution is -2.52. The number of hydrogen-bond acceptors (Lipinski definition) is 6. The second-order valence-electron chi connectivity index (χ2n) is 10.2. The van der Waals surface area contributed by atoms with Crippen molar-refractivity contribution in [2.24, 2.45) is 0 Å². The maximum absolute atomic E-state index is 14.3. The number of aryl methyl sites for hydroxylation is 1. The van der Waals surface area contributed by atoms with Gasteiger partial charge in [0.05, 0.1) is 24.8 Å². The average Bonchev–Trinajstić information content (AvgIpc) is 3.00. The lowest BCUT2D eigenvalue weighted by molar-refractivity contribution is -0.140. The summed E-state index contributed by atoms with van der Waals surface area (Å²) in [5.41, 5.74) is 1.62. The zero-order chi connectivity index (χ0) is 32.4. The molecule has 1 N–H and O–H groups in total. The second-order valence-corrected chi connectivity index (χ2v) is 12.9. The second kappa shape index (κ2) is 16.0. The number of ether oxygens (including phenoxy) is 2. The third-order valence-corrected chi connectivity index (χ3v) is 9.49. The highest BCUT2D eigenvalue weighted by Gasteiger charge is 2.34. The Morgan fingerprint density at radius 2 is 1.61 bits per heavy atom. The molecule has 0 aliphatic rings. The van der Waals surface area contributed by atoms with E-state index in [0.29, 0.717) is 27.9 Å². The lowest BCUT2D eigenvalue weighted by atomic mass is 10.1.